The maximum Gasteiger partial charge on any atom is 0.480 e. The summed E-state index contributed by atoms with van der Waals surface area (Å²) in [6.07, 6.45) is -1.65. The van der Waals surface area contributed by atoms with Gasteiger partial charge in [0.25, 0.3) is 5.56 Å². The smallest absolute Gasteiger partial charge is 0.445 e. The van der Waals surface area contributed by atoms with Gasteiger partial charge in [0.2, 0.25) is 13.6 Å². The zero-order chi connectivity index (χ0) is 42.7. The number of phosphoric ester groups is 1. The van der Waals surface area contributed by atoms with Crippen molar-refractivity contribution in [1.82, 2.24) is 14.5 Å². The van der Waals surface area contributed by atoms with Gasteiger partial charge in [0, 0.05) is 18.2 Å². The lowest BCUT2D eigenvalue weighted by Crippen LogP contribution is -2.49. The maximum atomic E-state index is 15.1. The number of halogens is 1. The Hall–Kier alpha value is -4.46. The van der Waals surface area contributed by atoms with Crippen LogP contribution in [0.5, 0.6) is 0 Å². The second-order valence-electron chi connectivity index (χ2n) is 14.4. The van der Waals surface area contributed by atoms with Crippen LogP contribution in [0.3, 0.4) is 0 Å². The highest BCUT2D eigenvalue weighted by molar-refractivity contribution is 7.48. The zero-order valence-electron chi connectivity index (χ0n) is 33.0. The number of hydrogen-bond donors (Lipinski definition) is 2. The lowest BCUT2D eigenvalue weighted by molar-refractivity contribution is -0.160. The lowest BCUT2D eigenvalue weighted by Gasteiger charge is -2.32. The summed E-state index contributed by atoms with van der Waals surface area (Å²) in [5, 5.41) is 14.1. The third kappa shape index (κ3) is 12.3. The molecule has 5 atom stereocenters. The van der Waals surface area contributed by atoms with Crippen molar-refractivity contribution in [1.29, 1.82) is 0 Å². The van der Waals surface area contributed by atoms with Gasteiger partial charge in [-0.15, -0.1) is 0 Å². The Bertz CT molecular complexity index is 1840. The molecule has 0 spiro atoms. The summed E-state index contributed by atoms with van der Waals surface area (Å²) in [5.41, 5.74) is -5.60. The number of aromatic nitrogens is 2. The molecular weight excluding hydrogens is 780 g/mol. The van der Waals surface area contributed by atoms with Crippen molar-refractivity contribution < 1.29 is 70.5 Å². The van der Waals surface area contributed by atoms with E-state index < -0.39 is 124 Å². The molecule has 0 aliphatic carbocycles. The van der Waals surface area contributed by atoms with Gasteiger partial charge in [0.15, 0.2) is 13.0 Å². The van der Waals surface area contributed by atoms with Crippen LogP contribution in [0.4, 0.5) is 9.18 Å². The summed E-state index contributed by atoms with van der Waals surface area (Å²) < 4.78 is 71.7. The number of rotatable bonds is 20. The van der Waals surface area contributed by atoms with Crippen LogP contribution in [0, 0.1) is 23.7 Å². The molecule has 0 saturated carbocycles. The fourth-order valence-electron chi connectivity index (χ4n) is 5.24. The fraction of sp³-hybridized carbons (Fsp3) is 0.611. The Kier molecular flexibility index (Phi) is 16.7. The normalized spacial score (nSPS) is 21.4. The second kappa shape index (κ2) is 20.3. The topological polar surface area (TPSA) is 235 Å². The van der Waals surface area contributed by atoms with Crippen LogP contribution >= 0.6 is 7.82 Å². The van der Waals surface area contributed by atoms with Gasteiger partial charge in [0.05, 0.1) is 18.4 Å². The molecule has 57 heavy (non-hydrogen) atoms. The van der Waals surface area contributed by atoms with E-state index in [1.54, 1.807) is 44.2 Å². The van der Waals surface area contributed by atoms with Gasteiger partial charge < -0.3 is 34.1 Å². The molecule has 1 aromatic heterocycles. The van der Waals surface area contributed by atoms with Gasteiger partial charge in [-0.1, -0.05) is 78.8 Å². The first-order valence-electron chi connectivity index (χ1n) is 18.0. The first-order valence-corrected chi connectivity index (χ1v) is 19.4. The number of nitrogens with one attached hydrogen (secondary N) is 1. The molecule has 318 valence electrons. The third-order valence-electron chi connectivity index (χ3n) is 9.06. The van der Waals surface area contributed by atoms with Crippen LogP contribution in [0.2, 0.25) is 0 Å². The van der Waals surface area contributed by atoms with Crippen molar-refractivity contribution in [3.05, 3.63) is 69.0 Å². The van der Waals surface area contributed by atoms with Gasteiger partial charge in [-0.25, -0.2) is 37.0 Å². The summed E-state index contributed by atoms with van der Waals surface area (Å²) in [7, 11) is -4.82. The molecule has 19 nitrogen and oxygen atoms in total. The first kappa shape index (κ1) is 46.9. The largest absolute Gasteiger partial charge is 0.480 e. The Morgan fingerprint density at radius 2 is 1.47 bits per heavy atom. The van der Waals surface area contributed by atoms with E-state index in [9.17, 15) is 38.4 Å². The number of aliphatic hydroxyl groups is 1. The van der Waals surface area contributed by atoms with Crippen LogP contribution in [0.1, 0.15) is 67.2 Å². The number of alkyl halides is 1. The molecule has 1 unspecified atom stereocenters. The van der Waals surface area contributed by atoms with E-state index in [0.717, 1.165) is 16.8 Å². The van der Waals surface area contributed by atoms with E-state index in [-0.39, 0.29) is 6.61 Å². The quantitative estimate of drug-likeness (QED) is 0.0840. The van der Waals surface area contributed by atoms with E-state index in [0.29, 0.717) is 10.1 Å². The summed E-state index contributed by atoms with van der Waals surface area (Å²) in [5.74, 6) is -5.36. The molecule has 1 aliphatic heterocycles. The number of nitrogens with zero attached hydrogens (tertiary/aromatic N) is 2. The maximum absolute atomic E-state index is 15.1. The van der Waals surface area contributed by atoms with Crippen LogP contribution < -0.4 is 16.6 Å². The second-order valence-corrected chi connectivity index (χ2v) is 16.0. The highest BCUT2D eigenvalue weighted by Crippen LogP contribution is 2.54. The van der Waals surface area contributed by atoms with Gasteiger partial charge in [0.1, 0.15) is 30.5 Å². The molecule has 1 aromatic carbocycles. The van der Waals surface area contributed by atoms with E-state index in [4.69, 9.17) is 37.3 Å². The number of hydrogen-bond acceptors (Lipinski definition) is 16. The van der Waals surface area contributed by atoms with E-state index in [1.807, 2.05) is 0 Å². The van der Waals surface area contributed by atoms with Crippen LogP contribution in [0.25, 0.3) is 0 Å². The van der Waals surface area contributed by atoms with Crippen LogP contribution in [-0.2, 0) is 69.5 Å². The zero-order valence-corrected chi connectivity index (χ0v) is 33.9. The predicted octanol–water partition coefficient (Wildman–Crippen LogP) is 3.56. The van der Waals surface area contributed by atoms with E-state index in [1.165, 1.54) is 41.5 Å². The fourth-order valence-corrected chi connectivity index (χ4v) is 6.20. The average Bonchev–Trinajstić information content (AvgIpc) is 3.36. The summed E-state index contributed by atoms with van der Waals surface area (Å²) >= 11 is 0. The molecule has 0 radical (unpaired) electrons. The molecule has 1 fully saturated rings. The lowest BCUT2D eigenvalue weighted by atomic mass is 9.80. The molecule has 1 saturated heterocycles. The number of amides is 1. The number of benzene rings is 1. The van der Waals surface area contributed by atoms with E-state index >= 15 is 4.39 Å². The SMILES string of the molecule is CC(C)C(=O)OCOP(=O)(OCOC(=O)C(C)C)OC[C@@]1(CF)O[C@@H](n2ccc(=O)n(COC(=O)C(NC(=O)OCc3ccccc3)C(C)C)c2=O)[C@](C)(O)[C@@H]1C. The van der Waals surface area contributed by atoms with Crippen molar-refractivity contribution in [3.8, 4) is 0 Å². The van der Waals surface area contributed by atoms with Crippen molar-refractivity contribution >= 4 is 31.8 Å². The van der Waals surface area contributed by atoms with Crippen molar-refractivity contribution in [2.24, 2.45) is 23.7 Å². The Balaban J connectivity index is 1.80. The van der Waals surface area contributed by atoms with E-state index in [2.05, 4.69) is 5.32 Å². The van der Waals surface area contributed by atoms with Crippen molar-refractivity contribution in [2.75, 3.05) is 26.9 Å². The molecule has 2 heterocycles. The average molecular weight is 832 g/mol. The van der Waals surface area contributed by atoms with Gasteiger partial charge in [-0.2, -0.15) is 0 Å². The minimum atomic E-state index is -4.82. The molecule has 2 N–H and O–H groups in total. The molecule has 3 rings (SSSR count). The highest BCUT2D eigenvalue weighted by Gasteiger charge is 2.61. The Morgan fingerprint density at radius 1 is 0.895 bits per heavy atom. The predicted molar refractivity (Wildman–Crippen MR) is 195 cm³/mol. The van der Waals surface area contributed by atoms with Crippen LogP contribution in [0.15, 0.2) is 52.2 Å². The number of esters is 3. The number of alkyl carbamates (subject to hydrolysis) is 1. The van der Waals surface area contributed by atoms with Gasteiger partial charge in [-0.3, -0.25) is 23.5 Å². The monoisotopic (exact) mass is 831 g/mol. The number of carbonyl (C=O) groups excluding carboxylic acids is 4. The minimum Gasteiger partial charge on any atom is -0.445 e. The first-order chi connectivity index (χ1) is 26.7. The molecule has 0 bridgehead atoms. The number of carbonyl (C=O) groups is 4. The summed E-state index contributed by atoms with van der Waals surface area (Å²) in [6.45, 7) is 6.75. The van der Waals surface area contributed by atoms with Gasteiger partial charge in [-0.05, 0) is 18.4 Å². The van der Waals surface area contributed by atoms with Gasteiger partial charge >= 0.3 is 37.5 Å². The third-order valence-corrected chi connectivity index (χ3v) is 10.4. The van der Waals surface area contributed by atoms with Crippen molar-refractivity contribution in [2.45, 2.75) is 92.2 Å². The molecule has 1 amide bonds. The molecule has 1 aliphatic rings. The Morgan fingerprint density at radius 3 is 2.00 bits per heavy atom. The number of ether oxygens (including phenoxy) is 5. The highest BCUT2D eigenvalue weighted by atomic mass is 31.2. The molecular formula is C36H51FN3O16P. The summed E-state index contributed by atoms with van der Waals surface area (Å²) in [6, 6.07) is 8.47. The summed E-state index contributed by atoms with van der Waals surface area (Å²) in [4.78, 5) is 76.0. The van der Waals surface area contributed by atoms with Crippen molar-refractivity contribution in [3.63, 3.8) is 0 Å². The standard InChI is InChI=1S/C36H51FN3O16P/c1-22(2)28(38-33(45)49-16-26-12-10-9-11-13-26)31(44)50-19-40-27(41)14-15-39(34(40)46)32-35(8,47)25(7)36(17-37,56-32)18-53-57(48,54-20-51-29(42)23(3)4)55-21-52-30(43)24(5)6/h9-15,22-25,28,32,47H,16-21H2,1-8H3,(H,38,45)/t25-,28?,32+,35+,36+/m0/s1. The molecule has 2 aromatic rings. The minimum absolute atomic E-state index is 0.0705. The Labute approximate surface area is 328 Å². The molecule has 21 heteroatoms. The van der Waals surface area contributed by atoms with Crippen LogP contribution in [-0.4, -0.2) is 82.4 Å². The number of phosphoric acid groups is 1.